The smallest absolute Gasteiger partial charge is 0.227 e. The second-order valence-corrected chi connectivity index (χ2v) is 3.86. The van der Waals surface area contributed by atoms with E-state index >= 15 is 0 Å². The number of thioether (sulfide) groups is 1. The maximum atomic E-state index is 10.6. The third-order valence-electron chi connectivity index (χ3n) is 1.67. The predicted molar refractivity (Wildman–Crippen MR) is 55.8 cm³/mol. The van der Waals surface area contributed by atoms with Crippen LogP contribution in [0.4, 0.5) is 0 Å². The van der Waals surface area contributed by atoms with E-state index in [2.05, 4.69) is 6.07 Å². The van der Waals surface area contributed by atoms with Gasteiger partial charge in [-0.3, -0.25) is 4.79 Å². The molecular formula is C10H10N2OS. The number of rotatable bonds is 3. The molecular weight excluding hydrogens is 196 g/mol. The van der Waals surface area contributed by atoms with Gasteiger partial charge in [-0.1, -0.05) is 0 Å². The lowest BCUT2D eigenvalue weighted by Gasteiger charge is -2.03. The Hall–Kier alpha value is -1.47. The van der Waals surface area contributed by atoms with Gasteiger partial charge in [-0.15, -0.1) is 11.8 Å². The Balaban J connectivity index is 2.80. The number of carbonyl (C=O) groups excluding carboxylic acids is 1. The van der Waals surface area contributed by atoms with Crippen molar-refractivity contribution in [1.29, 1.82) is 5.26 Å². The zero-order valence-electron chi connectivity index (χ0n) is 7.78. The fraction of sp³-hybridized carbons (Fsp3) is 0.200. The van der Waals surface area contributed by atoms with Gasteiger partial charge in [0, 0.05) is 4.90 Å². The first-order valence-electron chi connectivity index (χ1n) is 4.05. The zero-order valence-corrected chi connectivity index (χ0v) is 8.60. The van der Waals surface area contributed by atoms with Gasteiger partial charge in [0.2, 0.25) is 5.91 Å². The van der Waals surface area contributed by atoms with Crippen molar-refractivity contribution < 1.29 is 4.79 Å². The third kappa shape index (κ3) is 2.79. The molecule has 0 aliphatic rings. The van der Waals surface area contributed by atoms with E-state index in [1.165, 1.54) is 11.8 Å². The van der Waals surface area contributed by atoms with Gasteiger partial charge in [0.1, 0.15) is 0 Å². The number of aryl methyl sites for hydroxylation is 1. The van der Waals surface area contributed by atoms with E-state index in [-0.39, 0.29) is 11.7 Å². The second-order valence-electron chi connectivity index (χ2n) is 2.85. The Morgan fingerprint density at radius 1 is 1.64 bits per heavy atom. The Labute approximate surface area is 86.9 Å². The minimum Gasteiger partial charge on any atom is -0.369 e. The van der Waals surface area contributed by atoms with Crippen molar-refractivity contribution in [2.45, 2.75) is 11.8 Å². The molecule has 1 aromatic carbocycles. The number of nitriles is 1. The van der Waals surface area contributed by atoms with Crippen molar-refractivity contribution in [3.8, 4) is 6.07 Å². The summed E-state index contributed by atoms with van der Waals surface area (Å²) in [6.07, 6.45) is 0. The summed E-state index contributed by atoms with van der Waals surface area (Å²) in [6.45, 7) is 1.91. The predicted octanol–water partition coefficient (Wildman–Crippen LogP) is 1.44. The summed E-state index contributed by atoms with van der Waals surface area (Å²) >= 11 is 1.39. The van der Waals surface area contributed by atoms with E-state index in [4.69, 9.17) is 11.0 Å². The van der Waals surface area contributed by atoms with Gasteiger partial charge in [-0.2, -0.15) is 5.26 Å². The minimum absolute atomic E-state index is 0.271. The van der Waals surface area contributed by atoms with Crippen molar-refractivity contribution in [2.24, 2.45) is 5.73 Å². The molecule has 0 spiro atoms. The van der Waals surface area contributed by atoms with Crippen molar-refractivity contribution in [3.05, 3.63) is 29.3 Å². The number of hydrogen-bond donors (Lipinski definition) is 1. The molecule has 0 aliphatic heterocycles. The summed E-state index contributed by atoms with van der Waals surface area (Å²) in [4.78, 5) is 11.5. The summed E-state index contributed by atoms with van der Waals surface area (Å²) in [7, 11) is 0. The van der Waals surface area contributed by atoms with Crippen LogP contribution in [0.15, 0.2) is 23.1 Å². The highest BCUT2D eigenvalue weighted by molar-refractivity contribution is 8.00. The molecule has 0 saturated carbocycles. The lowest BCUT2D eigenvalue weighted by atomic mass is 10.2. The van der Waals surface area contributed by atoms with Crippen LogP contribution >= 0.6 is 11.8 Å². The Morgan fingerprint density at radius 2 is 2.36 bits per heavy atom. The average Bonchev–Trinajstić information content (AvgIpc) is 2.15. The van der Waals surface area contributed by atoms with E-state index in [1.54, 1.807) is 12.1 Å². The summed E-state index contributed by atoms with van der Waals surface area (Å²) in [5.41, 5.74) is 6.66. The van der Waals surface area contributed by atoms with Crippen LogP contribution in [-0.4, -0.2) is 11.7 Å². The molecule has 4 heteroatoms. The van der Waals surface area contributed by atoms with Crippen LogP contribution in [0.3, 0.4) is 0 Å². The first-order chi connectivity index (χ1) is 6.63. The van der Waals surface area contributed by atoms with Gasteiger partial charge in [0.05, 0.1) is 17.4 Å². The highest BCUT2D eigenvalue weighted by Gasteiger charge is 2.02. The quantitative estimate of drug-likeness (QED) is 0.761. The first-order valence-corrected chi connectivity index (χ1v) is 5.04. The molecule has 72 valence electrons. The van der Waals surface area contributed by atoms with Crippen molar-refractivity contribution >= 4 is 17.7 Å². The number of benzene rings is 1. The van der Waals surface area contributed by atoms with Crippen molar-refractivity contribution in [1.82, 2.24) is 0 Å². The SMILES string of the molecule is Cc1cc(C#N)ccc1SCC(N)=O. The molecule has 3 nitrogen and oxygen atoms in total. The second kappa shape index (κ2) is 4.68. The summed E-state index contributed by atoms with van der Waals surface area (Å²) in [6, 6.07) is 7.42. The number of hydrogen-bond acceptors (Lipinski definition) is 3. The topological polar surface area (TPSA) is 66.9 Å². The van der Waals surface area contributed by atoms with Crippen LogP contribution in [-0.2, 0) is 4.79 Å². The molecule has 0 saturated heterocycles. The van der Waals surface area contributed by atoms with Crippen molar-refractivity contribution in [2.75, 3.05) is 5.75 Å². The number of nitrogens with two attached hydrogens (primary N) is 1. The van der Waals surface area contributed by atoms with Crippen LogP contribution in [0.2, 0.25) is 0 Å². The molecule has 0 fully saturated rings. The standard InChI is InChI=1S/C10H10N2OS/c1-7-4-8(5-11)2-3-9(7)14-6-10(12)13/h2-4H,6H2,1H3,(H2,12,13). The van der Waals surface area contributed by atoms with Crippen LogP contribution in [0, 0.1) is 18.3 Å². The van der Waals surface area contributed by atoms with Crippen LogP contribution < -0.4 is 5.73 Å². The summed E-state index contributed by atoms with van der Waals surface area (Å²) < 4.78 is 0. The maximum absolute atomic E-state index is 10.6. The van der Waals surface area contributed by atoms with E-state index in [0.717, 1.165) is 10.5 Å². The molecule has 0 aliphatic carbocycles. The van der Waals surface area contributed by atoms with E-state index < -0.39 is 0 Å². The molecule has 1 amide bonds. The normalized spacial score (nSPS) is 9.43. The Bertz CT molecular complexity index is 396. The molecule has 0 aromatic heterocycles. The molecule has 0 heterocycles. The van der Waals surface area contributed by atoms with E-state index in [0.29, 0.717) is 5.56 Å². The molecule has 14 heavy (non-hydrogen) atoms. The van der Waals surface area contributed by atoms with Crippen molar-refractivity contribution in [3.63, 3.8) is 0 Å². The Kier molecular flexibility index (Phi) is 3.55. The molecule has 0 bridgehead atoms. The Morgan fingerprint density at radius 3 is 2.86 bits per heavy atom. The average molecular weight is 206 g/mol. The summed E-state index contributed by atoms with van der Waals surface area (Å²) in [5, 5.41) is 8.64. The van der Waals surface area contributed by atoms with E-state index in [9.17, 15) is 4.79 Å². The van der Waals surface area contributed by atoms with Gasteiger partial charge >= 0.3 is 0 Å². The zero-order chi connectivity index (χ0) is 10.6. The van der Waals surface area contributed by atoms with Crippen LogP contribution in [0.1, 0.15) is 11.1 Å². The van der Waals surface area contributed by atoms with Crippen LogP contribution in [0.25, 0.3) is 0 Å². The van der Waals surface area contributed by atoms with Gasteiger partial charge < -0.3 is 5.73 Å². The number of primary amides is 1. The van der Waals surface area contributed by atoms with E-state index in [1.807, 2.05) is 13.0 Å². The molecule has 1 rings (SSSR count). The van der Waals surface area contributed by atoms with Gasteiger partial charge in [0.25, 0.3) is 0 Å². The molecule has 0 unspecified atom stereocenters. The maximum Gasteiger partial charge on any atom is 0.227 e. The summed E-state index contributed by atoms with van der Waals surface area (Å²) in [5.74, 6) is -0.0639. The highest BCUT2D eigenvalue weighted by Crippen LogP contribution is 2.22. The molecule has 0 radical (unpaired) electrons. The minimum atomic E-state index is -0.334. The number of amides is 1. The molecule has 1 aromatic rings. The van der Waals surface area contributed by atoms with Gasteiger partial charge in [-0.25, -0.2) is 0 Å². The first kappa shape index (κ1) is 10.6. The molecule has 2 N–H and O–H groups in total. The lowest BCUT2D eigenvalue weighted by Crippen LogP contribution is -2.13. The fourth-order valence-electron chi connectivity index (χ4n) is 1.03. The third-order valence-corrected chi connectivity index (χ3v) is 2.87. The van der Waals surface area contributed by atoms with Gasteiger partial charge in [0.15, 0.2) is 0 Å². The monoisotopic (exact) mass is 206 g/mol. The molecule has 0 atom stereocenters. The highest BCUT2D eigenvalue weighted by atomic mass is 32.2. The largest absolute Gasteiger partial charge is 0.369 e. The van der Waals surface area contributed by atoms with Crippen LogP contribution in [0.5, 0.6) is 0 Å². The number of nitrogens with zero attached hydrogens (tertiary/aromatic N) is 1. The fourth-order valence-corrected chi connectivity index (χ4v) is 1.78. The number of carbonyl (C=O) groups is 1. The lowest BCUT2D eigenvalue weighted by molar-refractivity contribution is -0.115. The van der Waals surface area contributed by atoms with Gasteiger partial charge in [-0.05, 0) is 30.7 Å².